The number of likely N-dealkylation sites (tertiary alicyclic amines) is 1. The van der Waals surface area contributed by atoms with Gasteiger partial charge in [0.05, 0.1) is 34.5 Å². The van der Waals surface area contributed by atoms with Crippen molar-refractivity contribution in [3.05, 3.63) is 30.4 Å². The van der Waals surface area contributed by atoms with Crippen LogP contribution in [0.15, 0.2) is 24.8 Å². The van der Waals surface area contributed by atoms with Crippen LogP contribution in [-0.2, 0) is 0 Å². The van der Waals surface area contributed by atoms with Crippen molar-refractivity contribution in [1.82, 2.24) is 19.5 Å². The maximum atomic E-state index is 12.6. The first kappa shape index (κ1) is 12.0. The average Bonchev–Trinajstić information content (AvgIpc) is 3.05. The van der Waals surface area contributed by atoms with Crippen LogP contribution in [0.25, 0.3) is 5.52 Å². The molecule has 0 aromatic carbocycles. The number of nitrogens with zero attached hydrogens (tertiary/aromatic N) is 4. The number of nitrogens with two attached hydrogens (primary N) is 1. The molecule has 2 aromatic rings. The minimum Gasteiger partial charge on any atom is -0.392 e. The normalized spacial score (nSPS) is 18.9. The van der Waals surface area contributed by atoms with Gasteiger partial charge < -0.3 is 10.6 Å². The van der Waals surface area contributed by atoms with E-state index in [0.29, 0.717) is 22.6 Å². The van der Waals surface area contributed by atoms with Gasteiger partial charge in [0.25, 0.3) is 5.91 Å². The van der Waals surface area contributed by atoms with Gasteiger partial charge in [-0.2, -0.15) is 5.10 Å². The SMILES string of the molecule is NC(=S)C1CCCN1C(=O)c1cnn2ccncc12. The van der Waals surface area contributed by atoms with Crippen LogP contribution >= 0.6 is 12.2 Å². The maximum absolute atomic E-state index is 12.6. The third-order valence-corrected chi connectivity index (χ3v) is 3.67. The van der Waals surface area contributed by atoms with Crippen molar-refractivity contribution < 1.29 is 4.79 Å². The third kappa shape index (κ3) is 1.95. The van der Waals surface area contributed by atoms with Crippen LogP contribution in [0.2, 0.25) is 0 Å². The molecule has 1 saturated heterocycles. The van der Waals surface area contributed by atoms with Crippen molar-refractivity contribution in [2.75, 3.05) is 6.54 Å². The molecule has 3 rings (SSSR count). The molecule has 98 valence electrons. The molecule has 2 aromatic heterocycles. The van der Waals surface area contributed by atoms with Gasteiger partial charge in [-0.3, -0.25) is 9.78 Å². The Labute approximate surface area is 115 Å². The van der Waals surface area contributed by atoms with Crippen LogP contribution in [0.5, 0.6) is 0 Å². The molecule has 1 unspecified atom stereocenters. The summed E-state index contributed by atoms with van der Waals surface area (Å²) in [5.74, 6) is -0.0849. The number of fused-ring (bicyclic) bond motifs is 1. The zero-order valence-corrected chi connectivity index (χ0v) is 11.0. The lowest BCUT2D eigenvalue weighted by Gasteiger charge is -2.23. The van der Waals surface area contributed by atoms with Gasteiger partial charge in [0.2, 0.25) is 0 Å². The molecule has 6 nitrogen and oxygen atoms in total. The van der Waals surface area contributed by atoms with Gasteiger partial charge in [-0.05, 0) is 12.8 Å². The summed E-state index contributed by atoms with van der Waals surface area (Å²) in [6.07, 6.45) is 8.28. The Morgan fingerprint density at radius 3 is 3.11 bits per heavy atom. The first-order chi connectivity index (χ1) is 9.18. The van der Waals surface area contributed by atoms with Gasteiger partial charge in [0.15, 0.2) is 0 Å². The van der Waals surface area contributed by atoms with E-state index < -0.39 is 0 Å². The van der Waals surface area contributed by atoms with Crippen molar-refractivity contribution >= 4 is 28.6 Å². The second-order valence-electron chi connectivity index (χ2n) is 4.52. The van der Waals surface area contributed by atoms with Crippen molar-refractivity contribution in [3.63, 3.8) is 0 Å². The molecule has 0 bridgehead atoms. The number of thiocarbonyl (C=S) groups is 1. The Hall–Kier alpha value is -2.02. The molecular formula is C12H13N5OS. The number of carbonyl (C=O) groups is 1. The average molecular weight is 275 g/mol. The Balaban J connectivity index is 1.98. The van der Waals surface area contributed by atoms with Crippen LogP contribution in [0.3, 0.4) is 0 Å². The van der Waals surface area contributed by atoms with E-state index in [1.165, 1.54) is 0 Å². The Kier molecular flexibility index (Phi) is 2.90. The van der Waals surface area contributed by atoms with Gasteiger partial charge in [0, 0.05) is 18.9 Å². The number of amides is 1. The molecule has 1 atom stereocenters. The molecule has 0 saturated carbocycles. The number of rotatable bonds is 2. The first-order valence-electron chi connectivity index (χ1n) is 6.06. The fraction of sp³-hybridized carbons (Fsp3) is 0.333. The monoisotopic (exact) mass is 275 g/mol. The lowest BCUT2D eigenvalue weighted by atomic mass is 10.2. The van der Waals surface area contributed by atoms with E-state index in [2.05, 4.69) is 10.1 Å². The molecule has 19 heavy (non-hydrogen) atoms. The lowest BCUT2D eigenvalue weighted by molar-refractivity contribution is 0.0772. The summed E-state index contributed by atoms with van der Waals surface area (Å²) in [5, 5.41) is 4.15. The molecule has 0 aliphatic carbocycles. The summed E-state index contributed by atoms with van der Waals surface area (Å²) >= 11 is 5.03. The van der Waals surface area contributed by atoms with E-state index in [4.69, 9.17) is 18.0 Å². The van der Waals surface area contributed by atoms with E-state index in [-0.39, 0.29) is 11.9 Å². The van der Waals surface area contributed by atoms with Gasteiger partial charge in [-0.15, -0.1) is 0 Å². The van der Waals surface area contributed by atoms with E-state index in [9.17, 15) is 4.79 Å². The van der Waals surface area contributed by atoms with E-state index in [1.807, 2.05) is 0 Å². The smallest absolute Gasteiger partial charge is 0.258 e. The largest absolute Gasteiger partial charge is 0.392 e. The molecule has 2 N–H and O–H groups in total. The second kappa shape index (κ2) is 4.58. The standard InChI is InChI=1S/C12H13N5OS/c13-11(19)9-2-1-4-16(9)12(18)8-6-15-17-5-3-14-7-10(8)17/h3,5-7,9H,1-2,4H2,(H2,13,19). The van der Waals surface area contributed by atoms with Crippen molar-refractivity contribution in [1.29, 1.82) is 0 Å². The number of hydrogen-bond acceptors (Lipinski definition) is 4. The minimum absolute atomic E-state index is 0.0849. The highest BCUT2D eigenvalue weighted by molar-refractivity contribution is 7.80. The van der Waals surface area contributed by atoms with Gasteiger partial charge in [-0.25, -0.2) is 4.52 Å². The Morgan fingerprint density at radius 2 is 2.32 bits per heavy atom. The second-order valence-corrected chi connectivity index (χ2v) is 4.99. The van der Waals surface area contributed by atoms with Crippen LogP contribution in [-0.4, -0.2) is 43.0 Å². The fourth-order valence-corrected chi connectivity index (χ4v) is 2.70. The summed E-state index contributed by atoms with van der Waals surface area (Å²) in [6.45, 7) is 0.679. The highest BCUT2D eigenvalue weighted by Gasteiger charge is 2.32. The predicted molar refractivity (Wildman–Crippen MR) is 73.8 cm³/mol. The van der Waals surface area contributed by atoms with E-state index in [1.54, 1.807) is 34.2 Å². The van der Waals surface area contributed by atoms with Gasteiger partial charge in [0.1, 0.15) is 0 Å². The third-order valence-electron chi connectivity index (χ3n) is 3.40. The first-order valence-corrected chi connectivity index (χ1v) is 6.47. The van der Waals surface area contributed by atoms with Crippen LogP contribution in [0.1, 0.15) is 23.2 Å². The molecule has 0 radical (unpaired) electrons. The molecule has 3 heterocycles. The van der Waals surface area contributed by atoms with Gasteiger partial charge in [-0.1, -0.05) is 12.2 Å². The predicted octanol–water partition coefficient (Wildman–Crippen LogP) is 0.620. The lowest BCUT2D eigenvalue weighted by Crippen LogP contribution is -2.42. The van der Waals surface area contributed by atoms with Crippen molar-refractivity contribution in [3.8, 4) is 0 Å². The Bertz CT molecular complexity index is 652. The van der Waals surface area contributed by atoms with Crippen LogP contribution < -0.4 is 5.73 Å². The molecule has 1 aliphatic rings. The van der Waals surface area contributed by atoms with Gasteiger partial charge >= 0.3 is 0 Å². The van der Waals surface area contributed by atoms with Crippen LogP contribution in [0, 0.1) is 0 Å². The number of hydrogen-bond donors (Lipinski definition) is 1. The molecule has 1 fully saturated rings. The fourth-order valence-electron chi connectivity index (χ4n) is 2.46. The maximum Gasteiger partial charge on any atom is 0.258 e. The minimum atomic E-state index is -0.144. The molecular weight excluding hydrogens is 262 g/mol. The van der Waals surface area contributed by atoms with Crippen molar-refractivity contribution in [2.24, 2.45) is 5.73 Å². The topological polar surface area (TPSA) is 76.5 Å². The zero-order chi connectivity index (χ0) is 13.4. The van der Waals surface area contributed by atoms with Crippen molar-refractivity contribution in [2.45, 2.75) is 18.9 Å². The summed E-state index contributed by atoms with van der Waals surface area (Å²) in [5.41, 5.74) is 6.93. The van der Waals surface area contributed by atoms with E-state index in [0.717, 1.165) is 12.8 Å². The highest BCUT2D eigenvalue weighted by Crippen LogP contribution is 2.22. The summed E-state index contributed by atoms with van der Waals surface area (Å²) in [4.78, 5) is 18.7. The van der Waals surface area contributed by atoms with E-state index >= 15 is 0 Å². The number of aromatic nitrogens is 3. The Morgan fingerprint density at radius 1 is 1.47 bits per heavy atom. The number of carbonyl (C=O) groups excluding carboxylic acids is 1. The molecule has 7 heteroatoms. The summed E-state index contributed by atoms with van der Waals surface area (Å²) < 4.78 is 1.63. The van der Waals surface area contributed by atoms with Crippen LogP contribution in [0.4, 0.5) is 0 Å². The molecule has 1 aliphatic heterocycles. The summed E-state index contributed by atoms with van der Waals surface area (Å²) in [6, 6.07) is -0.144. The molecule has 1 amide bonds. The quantitative estimate of drug-likeness (QED) is 0.813. The highest BCUT2D eigenvalue weighted by atomic mass is 32.1. The molecule has 0 spiro atoms. The zero-order valence-electron chi connectivity index (χ0n) is 10.2. The summed E-state index contributed by atoms with van der Waals surface area (Å²) in [7, 11) is 0.